The summed E-state index contributed by atoms with van der Waals surface area (Å²) in [6, 6.07) is 5.10. The molecule has 1 N–H and O–H groups in total. The highest BCUT2D eigenvalue weighted by atomic mass is 16.7. The molecule has 0 radical (unpaired) electrons. The van der Waals surface area contributed by atoms with E-state index in [4.69, 9.17) is 0 Å². The Morgan fingerprint density at radius 3 is 1.88 bits per heavy atom. The predicted molar refractivity (Wildman–Crippen MR) is 111 cm³/mol. The monoisotopic (exact) mass is 453 g/mol. The lowest BCUT2D eigenvalue weighted by Gasteiger charge is -2.24. The lowest BCUT2D eigenvalue weighted by Crippen LogP contribution is -2.38. The number of Topliss-reactive ketones (excluding diaryl/α,β-unsaturated/α-hetero) is 2. The van der Waals surface area contributed by atoms with Crippen LogP contribution in [0.2, 0.25) is 0 Å². The van der Waals surface area contributed by atoms with E-state index >= 15 is 0 Å². The van der Waals surface area contributed by atoms with Gasteiger partial charge in [-0.1, -0.05) is 0 Å². The van der Waals surface area contributed by atoms with Gasteiger partial charge in [-0.2, -0.15) is 0 Å². The Kier molecular flexibility index (Phi) is 12.0. The Morgan fingerprint density at radius 2 is 1.47 bits per heavy atom. The van der Waals surface area contributed by atoms with Crippen molar-refractivity contribution in [3.63, 3.8) is 0 Å². The van der Waals surface area contributed by atoms with Crippen LogP contribution in [0.5, 0.6) is 5.75 Å². The van der Waals surface area contributed by atoms with Crippen molar-refractivity contribution in [1.29, 1.82) is 0 Å². The first kappa shape index (κ1) is 26.5. The largest absolute Gasteiger partial charge is 0.513 e. The minimum absolute atomic E-state index is 0.0674. The Morgan fingerprint density at radius 1 is 0.938 bits per heavy atom. The number of nitrogens with one attached hydrogen (secondary N) is 1. The first-order valence-corrected chi connectivity index (χ1v) is 9.84. The number of rotatable bonds is 2. The molecule has 2 fully saturated rings. The van der Waals surface area contributed by atoms with E-state index in [1.807, 2.05) is 0 Å². The van der Waals surface area contributed by atoms with Crippen molar-refractivity contribution in [1.82, 2.24) is 10.2 Å². The van der Waals surface area contributed by atoms with Gasteiger partial charge >= 0.3 is 12.2 Å². The minimum Gasteiger partial charge on any atom is -0.453 e. The van der Waals surface area contributed by atoms with Crippen LogP contribution < -0.4 is 10.1 Å². The summed E-state index contributed by atoms with van der Waals surface area (Å²) in [6.07, 6.45) is 1.21. The molecule has 1 aromatic carbocycles. The number of hydrogen-bond acceptors (Lipinski definition) is 10. The Balaban J connectivity index is 0.000000253. The molecule has 2 aliphatic heterocycles. The van der Waals surface area contributed by atoms with E-state index in [2.05, 4.69) is 19.5 Å². The van der Waals surface area contributed by atoms with Gasteiger partial charge in [0.1, 0.15) is 17.3 Å². The number of nitrogens with zero attached hydrogens (tertiary/aromatic N) is 2. The van der Waals surface area contributed by atoms with Crippen LogP contribution in [-0.2, 0) is 19.1 Å². The first-order chi connectivity index (χ1) is 15.3. The van der Waals surface area contributed by atoms with E-state index in [0.29, 0.717) is 31.7 Å². The molecule has 0 saturated carbocycles. The highest BCUT2D eigenvalue weighted by Gasteiger charge is 2.20. The number of methoxy groups -OCH3 is 2. The third-order valence-electron chi connectivity index (χ3n) is 4.33. The number of benzene rings is 1. The zero-order valence-corrected chi connectivity index (χ0v) is 18.0. The molecular weight excluding hydrogens is 426 g/mol. The summed E-state index contributed by atoms with van der Waals surface area (Å²) in [5.74, 6) is 0.825. The number of amides is 1. The second kappa shape index (κ2) is 14.5. The van der Waals surface area contributed by atoms with Gasteiger partial charge in [0.25, 0.3) is 5.69 Å². The molecule has 12 heteroatoms. The lowest BCUT2D eigenvalue weighted by atomic mass is 10.1. The number of nitro benzene ring substituents is 1. The zero-order valence-electron chi connectivity index (χ0n) is 18.0. The molecule has 1 amide bonds. The first-order valence-electron chi connectivity index (χ1n) is 9.84. The second-order valence-corrected chi connectivity index (χ2v) is 6.59. The van der Waals surface area contributed by atoms with E-state index in [0.717, 1.165) is 25.9 Å². The third-order valence-corrected chi connectivity index (χ3v) is 4.33. The smallest absolute Gasteiger partial charge is 0.453 e. The average molecular weight is 453 g/mol. The summed E-state index contributed by atoms with van der Waals surface area (Å²) < 4.78 is 13.4. The molecule has 0 spiro atoms. The van der Waals surface area contributed by atoms with Crippen molar-refractivity contribution in [2.45, 2.75) is 25.7 Å². The average Bonchev–Trinajstić information content (AvgIpc) is 2.80. The maximum absolute atomic E-state index is 10.9. The van der Waals surface area contributed by atoms with Crippen molar-refractivity contribution < 1.29 is 38.3 Å². The number of carbonyl (C=O) groups excluding carboxylic acids is 4. The van der Waals surface area contributed by atoms with Crippen LogP contribution in [0.15, 0.2) is 24.3 Å². The maximum Gasteiger partial charge on any atom is 0.513 e. The van der Waals surface area contributed by atoms with E-state index in [-0.39, 0.29) is 23.3 Å². The third kappa shape index (κ3) is 10.5. The van der Waals surface area contributed by atoms with E-state index in [1.54, 1.807) is 4.90 Å². The normalized spacial score (nSPS) is 15.2. The molecule has 0 atom stereocenters. The standard InChI is InChI=1S/C8H7NO5.C7H11NO3.C5H9NO/c1-13-8(10)14-7-4-2-6(3-5-7)9(11)12;1-11-7(10)8-4-2-6(9)3-5-8;7-5-1-3-6-4-2-5/h2-5H,1H3;2-5H2,1H3;6H,1-4H2. The molecule has 0 aliphatic carbocycles. The van der Waals surface area contributed by atoms with Crippen LogP contribution >= 0.6 is 0 Å². The number of nitro groups is 1. The highest BCUT2D eigenvalue weighted by molar-refractivity contribution is 5.81. The summed E-state index contributed by atoms with van der Waals surface area (Å²) in [5.41, 5.74) is -0.0674. The number of carbonyl (C=O) groups is 4. The van der Waals surface area contributed by atoms with E-state index in [1.165, 1.54) is 38.5 Å². The SMILES string of the molecule is COC(=O)N1CCC(=O)CC1.COC(=O)Oc1ccc([N+](=O)[O-])cc1.O=C1CCNCC1. The highest BCUT2D eigenvalue weighted by Crippen LogP contribution is 2.17. The van der Waals surface area contributed by atoms with Crippen LogP contribution in [0.1, 0.15) is 25.7 Å². The molecule has 2 saturated heterocycles. The summed E-state index contributed by atoms with van der Waals surface area (Å²) in [5, 5.41) is 13.4. The second-order valence-electron chi connectivity index (χ2n) is 6.59. The Hall–Kier alpha value is -3.54. The van der Waals surface area contributed by atoms with Crippen molar-refractivity contribution in [3.05, 3.63) is 34.4 Å². The number of likely N-dealkylation sites (tertiary alicyclic amines) is 1. The number of ketones is 2. The summed E-state index contributed by atoms with van der Waals surface area (Å²) in [4.78, 5) is 53.9. The molecule has 0 bridgehead atoms. The number of piperidine rings is 2. The molecule has 3 rings (SSSR count). The predicted octanol–water partition coefficient (Wildman–Crippen LogP) is 2.10. The molecule has 12 nitrogen and oxygen atoms in total. The fourth-order valence-corrected chi connectivity index (χ4v) is 2.55. The van der Waals surface area contributed by atoms with Crippen molar-refractivity contribution in [2.24, 2.45) is 0 Å². The number of hydrogen-bond donors (Lipinski definition) is 1. The summed E-state index contributed by atoms with van der Waals surface area (Å²) in [7, 11) is 2.52. The molecule has 1 aromatic rings. The van der Waals surface area contributed by atoms with Gasteiger partial charge in [-0.05, 0) is 12.1 Å². The zero-order chi connectivity index (χ0) is 23.9. The molecule has 32 heavy (non-hydrogen) atoms. The van der Waals surface area contributed by atoms with Crippen LogP contribution in [0.25, 0.3) is 0 Å². The minimum atomic E-state index is -0.862. The van der Waals surface area contributed by atoms with Gasteiger partial charge < -0.3 is 24.4 Å². The van der Waals surface area contributed by atoms with E-state index < -0.39 is 11.1 Å². The van der Waals surface area contributed by atoms with Gasteiger partial charge in [0.05, 0.1) is 19.1 Å². The molecule has 176 valence electrons. The summed E-state index contributed by atoms with van der Waals surface area (Å²) >= 11 is 0. The molecule has 2 heterocycles. The van der Waals surface area contributed by atoms with Crippen LogP contribution in [0.3, 0.4) is 0 Å². The van der Waals surface area contributed by atoms with Crippen molar-refractivity contribution in [3.8, 4) is 5.75 Å². The Bertz CT molecular complexity index is 778. The summed E-state index contributed by atoms with van der Waals surface area (Å²) in [6.45, 7) is 2.79. The van der Waals surface area contributed by atoms with Gasteiger partial charge in [0.15, 0.2) is 0 Å². The fraction of sp³-hybridized carbons (Fsp3) is 0.500. The fourth-order valence-electron chi connectivity index (χ4n) is 2.55. The van der Waals surface area contributed by atoms with Crippen LogP contribution in [-0.4, -0.2) is 74.0 Å². The number of non-ortho nitro benzene ring substituents is 1. The maximum atomic E-state index is 10.9. The van der Waals surface area contributed by atoms with Crippen molar-refractivity contribution >= 4 is 29.5 Å². The van der Waals surface area contributed by atoms with Gasteiger partial charge in [0, 0.05) is 64.0 Å². The molecular formula is C20H27N3O9. The quantitative estimate of drug-likeness (QED) is 0.304. The lowest BCUT2D eigenvalue weighted by molar-refractivity contribution is -0.384. The van der Waals surface area contributed by atoms with Gasteiger partial charge in [-0.3, -0.25) is 19.7 Å². The van der Waals surface area contributed by atoms with Crippen LogP contribution in [0.4, 0.5) is 15.3 Å². The molecule has 2 aliphatic rings. The topological polar surface area (TPSA) is 154 Å². The van der Waals surface area contributed by atoms with Gasteiger partial charge in [-0.25, -0.2) is 9.59 Å². The van der Waals surface area contributed by atoms with Crippen molar-refractivity contribution in [2.75, 3.05) is 40.4 Å². The Labute approximate surface area is 184 Å². The van der Waals surface area contributed by atoms with Crippen LogP contribution in [0, 0.1) is 10.1 Å². The number of ether oxygens (including phenoxy) is 3. The molecule has 0 aromatic heterocycles. The van der Waals surface area contributed by atoms with Gasteiger partial charge in [-0.15, -0.1) is 0 Å². The van der Waals surface area contributed by atoms with Gasteiger partial charge in [0.2, 0.25) is 0 Å². The van der Waals surface area contributed by atoms with E-state index in [9.17, 15) is 29.3 Å². The molecule has 0 unspecified atom stereocenters.